The van der Waals surface area contributed by atoms with Gasteiger partial charge in [0.2, 0.25) is 0 Å². The fourth-order valence-corrected chi connectivity index (χ4v) is 4.15. The lowest BCUT2D eigenvalue weighted by molar-refractivity contribution is -0.120. The molecule has 0 heterocycles. The summed E-state index contributed by atoms with van der Waals surface area (Å²) in [4.78, 5) is 11.9. The van der Waals surface area contributed by atoms with Crippen molar-refractivity contribution < 1.29 is 13.2 Å². The standard InChI is InChI=1S/C17H24O3S/c1-17(2,3)14-7-9-15(10-8-14)21(19,20)12-11-13-5-4-6-16(13)18/h7-10,13H,4-6,11-12H2,1-3H3. The van der Waals surface area contributed by atoms with Crippen LogP contribution in [-0.2, 0) is 20.0 Å². The minimum atomic E-state index is -3.29. The summed E-state index contributed by atoms with van der Waals surface area (Å²) < 4.78 is 24.7. The Labute approximate surface area is 127 Å². The molecule has 0 amide bonds. The highest BCUT2D eigenvalue weighted by Gasteiger charge is 2.26. The lowest BCUT2D eigenvalue weighted by atomic mass is 9.87. The van der Waals surface area contributed by atoms with E-state index in [0.29, 0.717) is 17.7 Å². The van der Waals surface area contributed by atoms with Gasteiger partial charge in [0.1, 0.15) is 5.78 Å². The third kappa shape index (κ3) is 3.94. The van der Waals surface area contributed by atoms with Crippen molar-refractivity contribution in [3.63, 3.8) is 0 Å². The molecule has 21 heavy (non-hydrogen) atoms. The monoisotopic (exact) mass is 308 g/mol. The van der Waals surface area contributed by atoms with Gasteiger partial charge in [-0.2, -0.15) is 0 Å². The van der Waals surface area contributed by atoms with Crippen LogP contribution in [0.1, 0.15) is 52.0 Å². The molecule has 0 aliphatic heterocycles. The lowest BCUT2D eigenvalue weighted by Gasteiger charge is -2.19. The number of carbonyl (C=O) groups is 1. The molecule has 1 saturated carbocycles. The van der Waals surface area contributed by atoms with Gasteiger partial charge in [-0.15, -0.1) is 0 Å². The Kier molecular flexibility index (Phi) is 4.57. The number of carbonyl (C=O) groups excluding carboxylic acids is 1. The van der Waals surface area contributed by atoms with Crippen molar-refractivity contribution in [2.45, 2.75) is 56.8 Å². The lowest BCUT2D eigenvalue weighted by Crippen LogP contribution is -2.15. The van der Waals surface area contributed by atoms with Crippen LogP contribution < -0.4 is 0 Å². The predicted molar refractivity (Wildman–Crippen MR) is 84.2 cm³/mol. The van der Waals surface area contributed by atoms with E-state index in [1.165, 1.54) is 0 Å². The zero-order valence-corrected chi connectivity index (χ0v) is 13.9. The Morgan fingerprint density at radius 2 is 1.76 bits per heavy atom. The Bertz CT molecular complexity index is 606. The molecule has 0 aromatic heterocycles. The molecule has 1 atom stereocenters. The van der Waals surface area contributed by atoms with E-state index >= 15 is 0 Å². The second-order valence-corrected chi connectivity index (χ2v) is 9.05. The molecule has 0 N–H and O–H groups in total. The average Bonchev–Trinajstić information content (AvgIpc) is 2.81. The summed E-state index contributed by atoms with van der Waals surface area (Å²) in [5.74, 6) is 0.250. The van der Waals surface area contributed by atoms with Gasteiger partial charge >= 0.3 is 0 Å². The van der Waals surface area contributed by atoms with E-state index in [0.717, 1.165) is 18.4 Å². The van der Waals surface area contributed by atoms with Gasteiger partial charge in [-0.25, -0.2) is 8.42 Å². The minimum Gasteiger partial charge on any atom is -0.299 e. The average molecular weight is 308 g/mol. The van der Waals surface area contributed by atoms with Crippen molar-refractivity contribution in [3.8, 4) is 0 Å². The Morgan fingerprint density at radius 1 is 1.14 bits per heavy atom. The molecule has 1 aliphatic rings. The molecule has 4 heteroatoms. The highest BCUT2D eigenvalue weighted by atomic mass is 32.2. The second-order valence-electron chi connectivity index (χ2n) is 6.94. The molecule has 0 radical (unpaired) electrons. The third-order valence-electron chi connectivity index (χ3n) is 4.25. The Hall–Kier alpha value is -1.16. The van der Waals surface area contributed by atoms with E-state index in [1.54, 1.807) is 12.1 Å². The fourth-order valence-electron chi connectivity index (χ4n) is 2.77. The van der Waals surface area contributed by atoms with Crippen molar-refractivity contribution >= 4 is 15.6 Å². The van der Waals surface area contributed by atoms with Crippen LogP contribution >= 0.6 is 0 Å². The number of hydrogen-bond donors (Lipinski definition) is 0. The van der Waals surface area contributed by atoms with E-state index in [-0.39, 0.29) is 22.9 Å². The molecule has 1 aromatic carbocycles. The van der Waals surface area contributed by atoms with Crippen LogP contribution in [0.4, 0.5) is 0 Å². The quantitative estimate of drug-likeness (QED) is 0.855. The molecule has 0 saturated heterocycles. The van der Waals surface area contributed by atoms with Crippen molar-refractivity contribution in [2.24, 2.45) is 5.92 Å². The fraction of sp³-hybridized carbons (Fsp3) is 0.588. The van der Waals surface area contributed by atoms with Gasteiger partial charge in [-0.3, -0.25) is 4.79 Å². The molecule has 1 aromatic rings. The number of ketones is 1. The molecular formula is C17H24O3S. The van der Waals surface area contributed by atoms with Crippen molar-refractivity contribution in [3.05, 3.63) is 29.8 Å². The zero-order valence-electron chi connectivity index (χ0n) is 13.1. The van der Waals surface area contributed by atoms with Crippen molar-refractivity contribution in [1.82, 2.24) is 0 Å². The summed E-state index contributed by atoms with van der Waals surface area (Å²) in [5.41, 5.74) is 1.13. The van der Waals surface area contributed by atoms with Gasteiger partial charge in [-0.1, -0.05) is 32.9 Å². The third-order valence-corrected chi connectivity index (χ3v) is 6.01. The van der Waals surface area contributed by atoms with Crippen LogP contribution in [0.2, 0.25) is 0 Å². The predicted octanol–water partition coefficient (Wildman–Crippen LogP) is 3.52. The van der Waals surface area contributed by atoms with Crippen LogP contribution in [0.15, 0.2) is 29.2 Å². The van der Waals surface area contributed by atoms with Crippen LogP contribution in [0.5, 0.6) is 0 Å². The molecule has 1 unspecified atom stereocenters. The van der Waals surface area contributed by atoms with E-state index < -0.39 is 9.84 Å². The molecule has 2 rings (SSSR count). The normalized spacial score (nSPS) is 20.0. The number of hydrogen-bond acceptors (Lipinski definition) is 3. The SMILES string of the molecule is CC(C)(C)c1ccc(S(=O)(=O)CCC2CCCC2=O)cc1. The summed E-state index contributed by atoms with van der Waals surface area (Å²) >= 11 is 0. The van der Waals surface area contributed by atoms with Crippen molar-refractivity contribution in [1.29, 1.82) is 0 Å². The molecule has 1 fully saturated rings. The molecule has 0 bridgehead atoms. The first-order chi connectivity index (χ1) is 9.70. The smallest absolute Gasteiger partial charge is 0.178 e. The molecule has 0 spiro atoms. The highest BCUT2D eigenvalue weighted by Crippen LogP contribution is 2.27. The second kappa shape index (κ2) is 5.91. The van der Waals surface area contributed by atoms with Gasteiger partial charge in [0.15, 0.2) is 9.84 Å². The maximum atomic E-state index is 12.3. The van der Waals surface area contributed by atoms with Crippen molar-refractivity contribution in [2.75, 3.05) is 5.75 Å². The van der Waals surface area contributed by atoms with E-state index in [4.69, 9.17) is 0 Å². The Balaban J connectivity index is 2.07. The largest absolute Gasteiger partial charge is 0.299 e. The first-order valence-corrected chi connectivity index (χ1v) is 9.21. The van der Waals surface area contributed by atoms with Gasteiger partial charge in [-0.05, 0) is 42.4 Å². The van der Waals surface area contributed by atoms with E-state index in [9.17, 15) is 13.2 Å². The minimum absolute atomic E-state index is 0.0125. The first-order valence-electron chi connectivity index (χ1n) is 7.56. The topological polar surface area (TPSA) is 51.2 Å². The number of rotatable bonds is 4. The molecule has 1 aliphatic carbocycles. The highest BCUT2D eigenvalue weighted by molar-refractivity contribution is 7.91. The van der Waals surface area contributed by atoms with Gasteiger partial charge in [0.25, 0.3) is 0 Å². The van der Waals surface area contributed by atoms with Gasteiger partial charge < -0.3 is 0 Å². The van der Waals surface area contributed by atoms with E-state index in [1.807, 2.05) is 12.1 Å². The summed E-state index contributed by atoms with van der Waals surface area (Å²) in [6, 6.07) is 7.14. The van der Waals surface area contributed by atoms with Gasteiger partial charge in [0.05, 0.1) is 10.6 Å². The molecule has 3 nitrogen and oxygen atoms in total. The van der Waals surface area contributed by atoms with Crippen LogP contribution in [0.25, 0.3) is 0 Å². The summed E-state index contributed by atoms with van der Waals surface area (Å²) in [6.45, 7) is 6.30. The van der Waals surface area contributed by atoms with Crippen LogP contribution in [0, 0.1) is 5.92 Å². The molecular weight excluding hydrogens is 284 g/mol. The Morgan fingerprint density at radius 3 is 2.24 bits per heavy atom. The van der Waals surface area contributed by atoms with Gasteiger partial charge in [0, 0.05) is 12.3 Å². The van der Waals surface area contributed by atoms with Crippen LogP contribution in [-0.4, -0.2) is 20.0 Å². The first kappa shape index (κ1) is 16.2. The number of benzene rings is 1. The number of sulfone groups is 1. The maximum absolute atomic E-state index is 12.3. The zero-order chi connectivity index (χ0) is 15.7. The summed E-state index contributed by atoms with van der Waals surface area (Å²) in [7, 11) is -3.29. The van der Waals surface area contributed by atoms with Crippen LogP contribution in [0.3, 0.4) is 0 Å². The molecule has 116 valence electrons. The summed E-state index contributed by atoms with van der Waals surface area (Å²) in [6.07, 6.45) is 2.83. The summed E-state index contributed by atoms with van der Waals surface area (Å²) in [5, 5.41) is 0. The van der Waals surface area contributed by atoms with E-state index in [2.05, 4.69) is 20.8 Å². The maximum Gasteiger partial charge on any atom is 0.178 e. The number of Topliss-reactive ketones (excluding diaryl/α,β-unsaturated/α-hetero) is 1.